The number of hydrogen-bond donors (Lipinski definition) is 1. The molecule has 1 atom stereocenters. The van der Waals surface area contributed by atoms with Gasteiger partial charge in [0.05, 0.1) is 0 Å². The second-order valence-electron chi connectivity index (χ2n) is 10.2. The zero-order valence-corrected chi connectivity index (χ0v) is 18.7. The van der Waals surface area contributed by atoms with Crippen molar-refractivity contribution >= 4 is 22.9 Å². The van der Waals surface area contributed by atoms with Gasteiger partial charge in [-0.25, -0.2) is 4.79 Å². The Labute approximate surface area is 184 Å². The lowest BCUT2D eigenvalue weighted by molar-refractivity contribution is -0.114. The maximum Gasteiger partial charge on any atom is 0.318 e. The molecule has 1 aliphatic heterocycles. The molecular formula is C25H34N2O2S. The molecule has 30 heavy (non-hydrogen) atoms. The number of aryl methyl sites for hydroxylation is 1. The molecule has 4 bridgehead atoms. The summed E-state index contributed by atoms with van der Waals surface area (Å²) in [6, 6.07) is 10.2. The van der Waals surface area contributed by atoms with E-state index in [1.165, 1.54) is 36.6 Å². The van der Waals surface area contributed by atoms with Crippen LogP contribution in [-0.2, 0) is 11.2 Å². The van der Waals surface area contributed by atoms with Crippen molar-refractivity contribution in [1.82, 2.24) is 10.2 Å². The monoisotopic (exact) mass is 426 g/mol. The molecule has 1 unspecified atom stereocenters. The van der Waals surface area contributed by atoms with Crippen LogP contribution in [0.15, 0.2) is 30.3 Å². The number of carbonyl (C=O) groups excluding carboxylic acids is 2. The van der Waals surface area contributed by atoms with Crippen LogP contribution in [-0.4, -0.2) is 39.9 Å². The van der Waals surface area contributed by atoms with Crippen molar-refractivity contribution in [2.75, 3.05) is 12.3 Å². The molecule has 1 aromatic carbocycles. The highest BCUT2D eigenvalue weighted by atomic mass is 32.2. The van der Waals surface area contributed by atoms with Crippen molar-refractivity contribution in [1.29, 1.82) is 0 Å². The van der Waals surface area contributed by atoms with Gasteiger partial charge in [-0.2, -0.15) is 0 Å². The average molecular weight is 427 g/mol. The van der Waals surface area contributed by atoms with E-state index in [1.54, 1.807) is 0 Å². The summed E-state index contributed by atoms with van der Waals surface area (Å²) >= 11 is 1.42. The SMILES string of the molecule is O=C(SCCCc1ccccc1)C1CCCN1C(=O)NC12CC3CC(CC(C3)C1)C2. The van der Waals surface area contributed by atoms with Crippen molar-refractivity contribution in [3.63, 3.8) is 0 Å². The lowest BCUT2D eigenvalue weighted by Crippen LogP contribution is -2.62. The summed E-state index contributed by atoms with van der Waals surface area (Å²) in [6.07, 6.45) is 11.4. The summed E-state index contributed by atoms with van der Waals surface area (Å²) < 4.78 is 0. The van der Waals surface area contributed by atoms with Gasteiger partial charge in [-0.1, -0.05) is 42.1 Å². The number of thioether (sulfide) groups is 1. The minimum atomic E-state index is -0.236. The van der Waals surface area contributed by atoms with E-state index in [4.69, 9.17) is 0 Å². The zero-order valence-electron chi connectivity index (χ0n) is 17.9. The molecule has 162 valence electrons. The van der Waals surface area contributed by atoms with Crippen molar-refractivity contribution in [3.05, 3.63) is 35.9 Å². The maximum absolute atomic E-state index is 13.2. The van der Waals surface area contributed by atoms with Gasteiger partial charge < -0.3 is 10.2 Å². The molecule has 4 aliphatic carbocycles. The summed E-state index contributed by atoms with van der Waals surface area (Å²) in [5.74, 6) is 3.27. The van der Waals surface area contributed by atoms with E-state index < -0.39 is 0 Å². The number of urea groups is 1. The fraction of sp³-hybridized carbons (Fsp3) is 0.680. The molecular weight excluding hydrogens is 392 g/mol. The lowest BCUT2D eigenvalue weighted by Gasteiger charge is -2.57. The first-order valence-electron chi connectivity index (χ1n) is 11.9. The van der Waals surface area contributed by atoms with Gasteiger partial charge in [-0.15, -0.1) is 0 Å². The first-order valence-corrected chi connectivity index (χ1v) is 12.9. The minimum Gasteiger partial charge on any atom is -0.333 e. The van der Waals surface area contributed by atoms with E-state index in [-0.39, 0.29) is 22.7 Å². The topological polar surface area (TPSA) is 49.4 Å². The van der Waals surface area contributed by atoms with Crippen LogP contribution >= 0.6 is 11.8 Å². The predicted octanol–water partition coefficient (Wildman–Crippen LogP) is 5.02. The Balaban J connectivity index is 1.13. The number of amides is 2. The minimum absolute atomic E-state index is 0.0187. The number of nitrogens with zero attached hydrogens (tertiary/aromatic N) is 1. The van der Waals surface area contributed by atoms with Gasteiger partial charge in [0.25, 0.3) is 0 Å². The number of rotatable bonds is 6. The summed E-state index contributed by atoms with van der Waals surface area (Å²) in [7, 11) is 0. The Kier molecular flexibility index (Phi) is 5.83. The van der Waals surface area contributed by atoms with Crippen molar-refractivity contribution in [3.8, 4) is 0 Å². The second-order valence-corrected chi connectivity index (χ2v) is 11.3. The molecule has 4 nitrogen and oxygen atoms in total. The standard InChI is InChI=1S/C25H34N2O2S/c28-23(30-11-5-8-18-6-2-1-3-7-18)22-9-4-10-27(22)24(29)26-25-15-19-12-20(16-25)14-21(13-19)17-25/h1-3,6-7,19-22H,4-5,8-17H2,(H,26,29). The molecule has 5 aliphatic rings. The first kappa shape index (κ1) is 20.4. The van der Waals surface area contributed by atoms with Crippen LogP contribution in [0.25, 0.3) is 0 Å². The van der Waals surface area contributed by atoms with E-state index in [9.17, 15) is 9.59 Å². The molecule has 1 heterocycles. The fourth-order valence-electron chi connectivity index (χ4n) is 7.01. The van der Waals surface area contributed by atoms with Gasteiger partial charge in [0.2, 0.25) is 5.12 Å². The Morgan fingerprint density at radius 1 is 1.03 bits per heavy atom. The van der Waals surface area contributed by atoms with Gasteiger partial charge in [0.15, 0.2) is 0 Å². The van der Waals surface area contributed by atoms with Gasteiger partial charge in [-0.05, 0) is 87.5 Å². The normalized spacial score (nSPS) is 34.3. The third-order valence-corrected chi connectivity index (χ3v) is 8.94. The average Bonchev–Trinajstić information content (AvgIpc) is 3.21. The Morgan fingerprint density at radius 2 is 1.70 bits per heavy atom. The van der Waals surface area contributed by atoms with Gasteiger partial charge in [0, 0.05) is 17.8 Å². The van der Waals surface area contributed by atoms with Crippen LogP contribution in [0, 0.1) is 17.8 Å². The van der Waals surface area contributed by atoms with Crippen molar-refractivity contribution in [2.45, 2.75) is 75.8 Å². The Morgan fingerprint density at radius 3 is 2.37 bits per heavy atom. The molecule has 1 aromatic rings. The van der Waals surface area contributed by atoms with E-state index >= 15 is 0 Å². The van der Waals surface area contributed by atoms with E-state index in [0.29, 0.717) is 0 Å². The highest BCUT2D eigenvalue weighted by Gasteiger charge is 2.52. The molecule has 5 fully saturated rings. The van der Waals surface area contributed by atoms with Crippen LogP contribution in [0.4, 0.5) is 4.79 Å². The summed E-state index contributed by atoms with van der Waals surface area (Å²) in [5, 5.41) is 3.65. The second kappa shape index (κ2) is 8.57. The number of carbonyl (C=O) groups is 2. The molecule has 6 rings (SSSR count). The number of hydrogen-bond acceptors (Lipinski definition) is 3. The molecule has 0 radical (unpaired) electrons. The quantitative estimate of drug-likeness (QED) is 0.650. The third kappa shape index (κ3) is 4.28. The van der Waals surface area contributed by atoms with Crippen LogP contribution in [0.5, 0.6) is 0 Å². The van der Waals surface area contributed by atoms with Crippen LogP contribution in [0.2, 0.25) is 0 Å². The number of likely N-dealkylation sites (tertiary alicyclic amines) is 1. The van der Waals surface area contributed by atoms with Crippen molar-refractivity contribution < 1.29 is 9.59 Å². The molecule has 0 spiro atoms. The Hall–Kier alpha value is -1.49. The molecule has 1 N–H and O–H groups in total. The predicted molar refractivity (Wildman–Crippen MR) is 121 cm³/mol. The summed E-state index contributed by atoms with van der Waals surface area (Å²) in [5.41, 5.74) is 1.34. The van der Waals surface area contributed by atoms with Gasteiger partial charge in [0.1, 0.15) is 6.04 Å². The smallest absolute Gasteiger partial charge is 0.318 e. The molecule has 5 heteroatoms. The molecule has 1 saturated heterocycles. The van der Waals surface area contributed by atoms with Crippen molar-refractivity contribution in [2.24, 2.45) is 17.8 Å². The van der Waals surface area contributed by atoms with E-state index in [0.717, 1.165) is 75.0 Å². The van der Waals surface area contributed by atoms with E-state index in [1.807, 2.05) is 11.0 Å². The van der Waals surface area contributed by atoms with Crippen LogP contribution in [0.3, 0.4) is 0 Å². The van der Waals surface area contributed by atoms with Crippen LogP contribution < -0.4 is 5.32 Å². The lowest BCUT2D eigenvalue weighted by atomic mass is 9.53. The maximum atomic E-state index is 13.2. The highest BCUT2D eigenvalue weighted by molar-refractivity contribution is 8.13. The first-order chi connectivity index (χ1) is 14.6. The van der Waals surface area contributed by atoms with Crippen LogP contribution in [0.1, 0.15) is 63.4 Å². The zero-order chi connectivity index (χ0) is 20.6. The van der Waals surface area contributed by atoms with Gasteiger partial charge in [-0.3, -0.25) is 4.79 Å². The largest absolute Gasteiger partial charge is 0.333 e. The molecule has 2 amide bonds. The Bertz CT molecular complexity index is 745. The fourth-order valence-corrected chi connectivity index (χ4v) is 7.93. The van der Waals surface area contributed by atoms with E-state index in [2.05, 4.69) is 29.6 Å². The van der Waals surface area contributed by atoms with Gasteiger partial charge >= 0.3 is 6.03 Å². The summed E-state index contributed by atoms with van der Waals surface area (Å²) in [4.78, 5) is 27.9. The summed E-state index contributed by atoms with van der Waals surface area (Å²) in [6.45, 7) is 0.721. The number of benzene rings is 1. The third-order valence-electron chi connectivity index (χ3n) is 7.89. The molecule has 0 aromatic heterocycles. The number of nitrogens with one attached hydrogen (secondary N) is 1. The molecule has 4 saturated carbocycles. The highest BCUT2D eigenvalue weighted by Crippen LogP contribution is 2.55.